The Balaban J connectivity index is 1.45. The number of benzene rings is 2. The summed E-state index contributed by atoms with van der Waals surface area (Å²) in [7, 11) is 0. The maximum absolute atomic E-state index is 12.4. The topological polar surface area (TPSA) is 53.4 Å². The normalized spacial score (nSPS) is 13.1. The van der Waals surface area contributed by atoms with Crippen LogP contribution in [-0.2, 0) is 6.54 Å². The minimum Gasteiger partial charge on any atom is -0.486 e. The highest BCUT2D eigenvalue weighted by molar-refractivity contribution is 6.31. The summed E-state index contributed by atoms with van der Waals surface area (Å²) in [4.78, 5) is 12.4. The molecule has 1 aromatic heterocycles. The lowest BCUT2D eigenvalue weighted by Crippen LogP contribution is -2.15. The van der Waals surface area contributed by atoms with Crippen molar-refractivity contribution < 1.29 is 14.3 Å². The number of ether oxygens (including phenoxy) is 2. The molecule has 0 aliphatic carbocycles. The fourth-order valence-corrected chi connectivity index (χ4v) is 3.01. The third-order valence-corrected chi connectivity index (χ3v) is 4.57. The molecule has 0 fully saturated rings. The van der Waals surface area contributed by atoms with Gasteiger partial charge in [0.05, 0.1) is 12.7 Å². The number of fused-ring (bicyclic) bond motifs is 1. The Morgan fingerprint density at radius 1 is 1.15 bits per heavy atom. The first-order valence-corrected chi connectivity index (χ1v) is 8.95. The van der Waals surface area contributed by atoms with E-state index in [9.17, 15) is 4.79 Å². The number of halogens is 1. The largest absolute Gasteiger partial charge is 0.486 e. The van der Waals surface area contributed by atoms with Crippen LogP contribution in [0.3, 0.4) is 0 Å². The van der Waals surface area contributed by atoms with Gasteiger partial charge in [-0.05, 0) is 42.0 Å². The molecule has 0 saturated heterocycles. The molecule has 136 valence electrons. The number of carbonyl (C=O) groups is 1. The minimum atomic E-state index is -0.106. The van der Waals surface area contributed by atoms with Crippen molar-refractivity contribution in [3.05, 3.63) is 82.6 Å². The van der Waals surface area contributed by atoms with E-state index in [1.807, 2.05) is 30.5 Å². The lowest BCUT2D eigenvalue weighted by molar-refractivity contribution is 0.104. The highest BCUT2D eigenvalue weighted by Gasteiger charge is 2.13. The van der Waals surface area contributed by atoms with E-state index < -0.39 is 0 Å². The van der Waals surface area contributed by atoms with E-state index in [-0.39, 0.29) is 5.78 Å². The number of nitrogens with zero attached hydrogens (tertiary/aromatic N) is 2. The average Bonchev–Trinajstić information content (AvgIpc) is 3.15. The van der Waals surface area contributed by atoms with Crippen molar-refractivity contribution in [3.63, 3.8) is 0 Å². The van der Waals surface area contributed by atoms with Crippen LogP contribution in [0.15, 0.2) is 60.9 Å². The zero-order valence-corrected chi connectivity index (χ0v) is 15.2. The lowest BCUT2D eigenvalue weighted by atomic mass is 10.1. The molecule has 2 aromatic carbocycles. The summed E-state index contributed by atoms with van der Waals surface area (Å²) in [6.07, 6.45) is 6.86. The highest BCUT2D eigenvalue weighted by Crippen LogP contribution is 2.31. The third kappa shape index (κ3) is 4.04. The van der Waals surface area contributed by atoms with E-state index in [1.165, 1.54) is 6.08 Å². The third-order valence-electron chi connectivity index (χ3n) is 4.20. The molecule has 4 rings (SSSR count). The number of carbonyl (C=O) groups excluding carboxylic acids is 1. The molecule has 27 heavy (non-hydrogen) atoms. The molecule has 0 bridgehead atoms. The number of hydrogen-bond donors (Lipinski definition) is 0. The Morgan fingerprint density at radius 3 is 2.81 bits per heavy atom. The number of ketones is 1. The molecule has 5 nitrogen and oxygen atoms in total. The molecule has 2 heterocycles. The molecule has 0 unspecified atom stereocenters. The second kappa shape index (κ2) is 7.68. The molecular formula is C21H17ClN2O3. The fourth-order valence-electron chi connectivity index (χ4n) is 2.82. The monoisotopic (exact) mass is 380 g/mol. The SMILES string of the molecule is O=C(/C=C/c1cnn(Cc2ccccc2Cl)c1)c1ccc2c(c1)OCCO2. The number of hydrogen-bond acceptors (Lipinski definition) is 4. The summed E-state index contributed by atoms with van der Waals surface area (Å²) in [6.45, 7) is 1.59. The van der Waals surface area contributed by atoms with Gasteiger partial charge in [-0.15, -0.1) is 0 Å². The van der Waals surface area contributed by atoms with Crippen molar-refractivity contribution in [2.75, 3.05) is 13.2 Å². The molecule has 0 spiro atoms. The smallest absolute Gasteiger partial charge is 0.185 e. The summed E-state index contributed by atoms with van der Waals surface area (Å²) >= 11 is 6.18. The lowest BCUT2D eigenvalue weighted by Gasteiger charge is -2.18. The van der Waals surface area contributed by atoms with E-state index in [1.54, 1.807) is 35.2 Å². The van der Waals surface area contributed by atoms with E-state index in [4.69, 9.17) is 21.1 Å². The number of rotatable bonds is 5. The van der Waals surface area contributed by atoms with Crippen LogP contribution in [0.5, 0.6) is 11.5 Å². The Bertz CT molecular complexity index is 1010. The van der Waals surface area contributed by atoms with E-state index in [0.29, 0.717) is 41.8 Å². The highest BCUT2D eigenvalue weighted by atomic mass is 35.5. The van der Waals surface area contributed by atoms with Crippen LogP contribution in [0.1, 0.15) is 21.5 Å². The maximum atomic E-state index is 12.4. The first-order chi connectivity index (χ1) is 13.2. The van der Waals surface area contributed by atoms with E-state index in [2.05, 4.69) is 5.10 Å². The molecule has 0 radical (unpaired) electrons. The van der Waals surface area contributed by atoms with Gasteiger partial charge in [0.25, 0.3) is 0 Å². The number of aromatic nitrogens is 2. The van der Waals surface area contributed by atoms with Gasteiger partial charge >= 0.3 is 0 Å². The van der Waals surface area contributed by atoms with Crippen molar-refractivity contribution in [2.24, 2.45) is 0 Å². The second-order valence-corrected chi connectivity index (χ2v) is 6.53. The van der Waals surface area contributed by atoms with Crippen LogP contribution in [0.25, 0.3) is 6.08 Å². The predicted molar refractivity (Wildman–Crippen MR) is 104 cm³/mol. The molecule has 0 N–H and O–H groups in total. The molecule has 6 heteroatoms. The standard InChI is InChI=1S/C21H17ClN2O3/c22-18-4-2-1-3-17(18)14-24-13-15(12-23-24)5-7-19(25)16-6-8-20-21(11-16)27-10-9-26-20/h1-8,11-13H,9-10,14H2/b7-5+. The molecule has 0 saturated carbocycles. The summed E-state index contributed by atoms with van der Waals surface area (Å²) in [5.41, 5.74) is 2.39. The molecule has 0 atom stereocenters. The summed E-state index contributed by atoms with van der Waals surface area (Å²) in [5.74, 6) is 1.17. The van der Waals surface area contributed by atoms with Crippen molar-refractivity contribution in [1.29, 1.82) is 0 Å². The Kier molecular flexibility index (Phi) is 4.94. The van der Waals surface area contributed by atoms with Gasteiger partial charge in [0.2, 0.25) is 0 Å². The zero-order chi connectivity index (χ0) is 18.6. The van der Waals surface area contributed by atoms with Gasteiger partial charge in [-0.2, -0.15) is 5.10 Å². The molecule has 0 amide bonds. The van der Waals surface area contributed by atoms with Gasteiger partial charge in [-0.1, -0.05) is 29.8 Å². The van der Waals surface area contributed by atoms with E-state index in [0.717, 1.165) is 11.1 Å². The van der Waals surface area contributed by atoms with Crippen LogP contribution in [0.4, 0.5) is 0 Å². The molecule has 1 aliphatic rings. The first-order valence-electron chi connectivity index (χ1n) is 8.57. The maximum Gasteiger partial charge on any atom is 0.185 e. The Hall–Kier alpha value is -3.05. The molecule has 3 aromatic rings. The summed E-state index contributed by atoms with van der Waals surface area (Å²) in [6, 6.07) is 12.9. The molecular weight excluding hydrogens is 364 g/mol. The zero-order valence-electron chi connectivity index (χ0n) is 14.5. The number of allylic oxidation sites excluding steroid dienone is 1. The van der Waals surface area contributed by atoms with Gasteiger partial charge < -0.3 is 9.47 Å². The summed E-state index contributed by atoms with van der Waals surface area (Å²) in [5, 5.41) is 5.03. The van der Waals surface area contributed by atoms with Crippen LogP contribution in [-0.4, -0.2) is 28.8 Å². The quantitative estimate of drug-likeness (QED) is 0.490. The second-order valence-electron chi connectivity index (χ2n) is 6.12. The van der Waals surface area contributed by atoms with Gasteiger partial charge in [0.15, 0.2) is 17.3 Å². The van der Waals surface area contributed by atoms with Gasteiger partial charge in [0.1, 0.15) is 13.2 Å². The average molecular weight is 381 g/mol. The van der Waals surface area contributed by atoms with Crippen molar-refractivity contribution in [2.45, 2.75) is 6.54 Å². The van der Waals surface area contributed by atoms with E-state index >= 15 is 0 Å². The summed E-state index contributed by atoms with van der Waals surface area (Å²) < 4.78 is 12.8. The predicted octanol–water partition coefficient (Wildman–Crippen LogP) is 4.25. The Labute approximate surface area is 161 Å². The fraction of sp³-hybridized carbons (Fsp3) is 0.143. The van der Waals surface area contributed by atoms with Gasteiger partial charge in [-0.3, -0.25) is 9.48 Å². The van der Waals surface area contributed by atoms with Gasteiger partial charge in [0, 0.05) is 22.3 Å². The molecule has 1 aliphatic heterocycles. The van der Waals surface area contributed by atoms with Crippen molar-refractivity contribution >= 4 is 23.5 Å². The van der Waals surface area contributed by atoms with Gasteiger partial charge in [-0.25, -0.2) is 0 Å². The van der Waals surface area contributed by atoms with Crippen LogP contribution in [0, 0.1) is 0 Å². The Morgan fingerprint density at radius 2 is 1.96 bits per heavy atom. The van der Waals surface area contributed by atoms with Crippen LogP contribution in [0.2, 0.25) is 5.02 Å². The van der Waals surface area contributed by atoms with Crippen LogP contribution < -0.4 is 9.47 Å². The van der Waals surface area contributed by atoms with Crippen molar-refractivity contribution in [3.8, 4) is 11.5 Å². The minimum absolute atomic E-state index is 0.106. The van der Waals surface area contributed by atoms with Crippen molar-refractivity contribution in [1.82, 2.24) is 9.78 Å². The van der Waals surface area contributed by atoms with Crippen LogP contribution >= 0.6 is 11.6 Å². The first kappa shape index (κ1) is 17.4.